The first-order valence-electron chi connectivity index (χ1n) is 26.0. The van der Waals surface area contributed by atoms with Crippen molar-refractivity contribution in [2.24, 2.45) is 5.92 Å². The molecule has 0 fully saturated rings. The number of hydrogen-bond donors (Lipinski definition) is 0. The molecule has 0 amide bonds. The molecule has 0 N–H and O–H groups in total. The molecule has 0 aliphatic carbocycles. The largest absolute Gasteiger partial charge is 0.466 e. The van der Waals surface area contributed by atoms with Gasteiger partial charge in [0.25, 0.3) is 0 Å². The summed E-state index contributed by atoms with van der Waals surface area (Å²) in [6.45, 7) is 7.65. The summed E-state index contributed by atoms with van der Waals surface area (Å²) in [5, 5.41) is 0. The van der Waals surface area contributed by atoms with Crippen LogP contribution in [0.25, 0.3) is 0 Å². The number of hydrogen-bond acceptors (Lipinski definition) is 2. The highest BCUT2D eigenvalue weighted by Crippen LogP contribution is 2.18. The molecule has 0 spiro atoms. The summed E-state index contributed by atoms with van der Waals surface area (Å²) in [5.41, 5.74) is 0. The van der Waals surface area contributed by atoms with Gasteiger partial charge in [0.15, 0.2) is 0 Å². The Hall–Kier alpha value is -0.790. The van der Waals surface area contributed by atoms with Gasteiger partial charge in [0.2, 0.25) is 0 Å². The van der Waals surface area contributed by atoms with Crippen LogP contribution in [0.1, 0.15) is 310 Å². The molecule has 0 aromatic carbocycles. The molecule has 1 unspecified atom stereocenters. The molecule has 2 nitrogen and oxygen atoms in total. The van der Waals surface area contributed by atoms with Crippen molar-refractivity contribution in [1.82, 2.24) is 0 Å². The van der Waals surface area contributed by atoms with Gasteiger partial charge >= 0.3 is 5.97 Å². The molecule has 0 aliphatic rings. The highest BCUT2D eigenvalue weighted by atomic mass is 16.5. The van der Waals surface area contributed by atoms with E-state index in [0.29, 0.717) is 13.0 Å². The number of carbonyl (C=O) groups is 1. The maximum atomic E-state index is 12.1. The fourth-order valence-corrected chi connectivity index (χ4v) is 8.17. The van der Waals surface area contributed by atoms with Crippen molar-refractivity contribution in [3.05, 3.63) is 12.2 Å². The van der Waals surface area contributed by atoms with Crippen molar-refractivity contribution in [2.45, 2.75) is 310 Å². The minimum atomic E-state index is 0.0286. The minimum Gasteiger partial charge on any atom is -0.466 e. The molecule has 1 atom stereocenters. The summed E-state index contributed by atoms with van der Waals surface area (Å²) in [6, 6.07) is 0. The molecule has 0 aliphatic heterocycles. The van der Waals surface area contributed by atoms with E-state index in [0.717, 1.165) is 18.8 Å². The number of carbonyl (C=O) groups excluding carboxylic acids is 1. The number of ether oxygens (including phenoxy) is 1. The maximum absolute atomic E-state index is 12.1. The van der Waals surface area contributed by atoms with Gasteiger partial charge in [0.1, 0.15) is 0 Å². The number of allylic oxidation sites excluding steroid dienone is 2. The Kier molecular flexibility index (Phi) is 48.6. The molecule has 0 radical (unpaired) electrons. The second-order valence-electron chi connectivity index (χ2n) is 18.1. The normalized spacial score (nSPS) is 12.3. The van der Waals surface area contributed by atoms with Crippen LogP contribution in [0.3, 0.4) is 0 Å². The topological polar surface area (TPSA) is 26.3 Å². The first-order valence-corrected chi connectivity index (χ1v) is 26.0. The summed E-state index contributed by atoms with van der Waals surface area (Å²) >= 11 is 0. The second kappa shape index (κ2) is 49.4. The average Bonchev–Trinajstić information content (AvgIpc) is 3.19. The van der Waals surface area contributed by atoms with Crippen LogP contribution < -0.4 is 0 Å². The zero-order valence-electron chi connectivity index (χ0n) is 38.6. The van der Waals surface area contributed by atoms with Crippen molar-refractivity contribution in [2.75, 3.05) is 6.61 Å². The van der Waals surface area contributed by atoms with E-state index in [1.165, 1.54) is 270 Å². The summed E-state index contributed by atoms with van der Waals surface area (Å²) in [4.78, 5) is 12.1. The van der Waals surface area contributed by atoms with Gasteiger partial charge in [0, 0.05) is 6.42 Å². The van der Waals surface area contributed by atoms with Gasteiger partial charge in [-0.3, -0.25) is 4.79 Å². The van der Waals surface area contributed by atoms with Crippen molar-refractivity contribution >= 4 is 5.97 Å². The van der Waals surface area contributed by atoms with Gasteiger partial charge in [-0.15, -0.1) is 0 Å². The minimum absolute atomic E-state index is 0.0286. The molecule has 0 saturated heterocycles. The van der Waals surface area contributed by atoms with Crippen LogP contribution in [0.4, 0.5) is 0 Å². The van der Waals surface area contributed by atoms with Crippen molar-refractivity contribution in [1.29, 1.82) is 0 Å². The predicted molar refractivity (Wildman–Crippen MR) is 248 cm³/mol. The van der Waals surface area contributed by atoms with Crippen molar-refractivity contribution in [3.8, 4) is 0 Å². The molecular weight excluding hydrogens is 669 g/mol. The van der Waals surface area contributed by atoms with E-state index in [2.05, 4.69) is 32.9 Å². The highest BCUT2D eigenvalue weighted by Gasteiger charge is 2.03. The quantitative estimate of drug-likeness (QED) is 0.0350. The smallest absolute Gasteiger partial charge is 0.305 e. The molecule has 0 saturated carbocycles. The van der Waals surface area contributed by atoms with Crippen LogP contribution in [0, 0.1) is 5.92 Å². The van der Waals surface area contributed by atoms with Gasteiger partial charge in [-0.2, -0.15) is 0 Å². The molecule has 0 bridgehead atoms. The van der Waals surface area contributed by atoms with Gasteiger partial charge in [-0.25, -0.2) is 0 Å². The van der Waals surface area contributed by atoms with E-state index >= 15 is 0 Å². The van der Waals surface area contributed by atoms with E-state index in [-0.39, 0.29) is 5.97 Å². The first-order chi connectivity index (χ1) is 27.2. The van der Waals surface area contributed by atoms with Crippen molar-refractivity contribution < 1.29 is 9.53 Å². The van der Waals surface area contributed by atoms with Crippen LogP contribution in [0.5, 0.6) is 0 Å². The Morgan fingerprint density at radius 3 is 1.02 bits per heavy atom. The Bertz CT molecular complexity index is 728. The fraction of sp³-hybridized carbons (Fsp3) is 0.943. The van der Waals surface area contributed by atoms with Crippen LogP contribution in [0.2, 0.25) is 0 Å². The molecule has 2 heteroatoms. The third kappa shape index (κ3) is 49.3. The maximum Gasteiger partial charge on any atom is 0.305 e. The summed E-state index contributed by atoms with van der Waals surface area (Å²) < 4.78 is 5.50. The van der Waals surface area contributed by atoms with Gasteiger partial charge in [0.05, 0.1) is 6.61 Å². The number of rotatable bonds is 48. The average molecular weight is 773 g/mol. The van der Waals surface area contributed by atoms with Crippen molar-refractivity contribution in [3.63, 3.8) is 0 Å². The van der Waals surface area contributed by atoms with E-state index in [1.807, 2.05) is 0 Å². The van der Waals surface area contributed by atoms with Gasteiger partial charge in [-0.05, 0) is 44.4 Å². The summed E-state index contributed by atoms with van der Waals surface area (Å²) in [5.74, 6) is 0.966. The summed E-state index contributed by atoms with van der Waals surface area (Å²) in [6.07, 6.45) is 66.3. The van der Waals surface area contributed by atoms with E-state index in [9.17, 15) is 4.79 Å². The Morgan fingerprint density at radius 2 is 0.673 bits per heavy atom. The Morgan fingerprint density at radius 1 is 0.382 bits per heavy atom. The molecule has 328 valence electrons. The second-order valence-corrected chi connectivity index (χ2v) is 18.1. The fourth-order valence-electron chi connectivity index (χ4n) is 8.17. The molecule has 0 aromatic rings. The van der Waals surface area contributed by atoms with E-state index in [1.54, 1.807) is 0 Å². The molecule has 55 heavy (non-hydrogen) atoms. The van der Waals surface area contributed by atoms with Crippen LogP contribution in [-0.4, -0.2) is 12.6 Å². The highest BCUT2D eigenvalue weighted by molar-refractivity contribution is 5.69. The Balaban J connectivity index is 3.17. The third-order valence-electron chi connectivity index (χ3n) is 12.4. The first kappa shape index (κ1) is 54.2. The zero-order chi connectivity index (χ0) is 39.8. The predicted octanol–water partition coefficient (Wildman–Crippen LogP) is 19.3. The third-order valence-corrected chi connectivity index (χ3v) is 12.4. The monoisotopic (exact) mass is 773 g/mol. The standard InChI is InChI=1S/C53H104O2/c1-4-6-7-8-9-10-11-12-13-14-22-26-29-32-35-38-41-44-47-50-53(54)55-51-48-45-42-39-36-33-30-27-24-21-19-17-15-16-18-20-23-25-28-31-34-37-40-43-46-49-52(3)5-2/h12-13,52H,4-11,14-51H2,1-3H3. The van der Waals surface area contributed by atoms with Crippen LogP contribution >= 0.6 is 0 Å². The lowest BCUT2D eigenvalue weighted by atomic mass is 9.99. The lowest BCUT2D eigenvalue weighted by molar-refractivity contribution is -0.143. The molecule has 0 heterocycles. The number of esters is 1. The van der Waals surface area contributed by atoms with E-state index < -0.39 is 0 Å². The van der Waals surface area contributed by atoms with Gasteiger partial charge < -0.3 is 4.74 Å². The molecule has 0 rings (SSSR count). The van der Waals surface area contributed by atoms with E-state index in [4.69, 9.17) is 4.74 Å². The zero-order valence-corrected chi connectivity index (χ0v) is 38.6. The SMILES string of the molecule is CCCCCCCCC=CCCCCCCCCCCCC(=O)OCCCCCCCCCCCCCCCCCCCCCCCCCCCC(C)CC. The van der Waals surface area contributed by atoms with Crippen LogP contribution in [-0.2, 0) is 9.53 Å². The lowest BCUT2D eigenvalue weighted by Crippen LogP contribution is -2.05. The molecule has 0 aromatic heterocycles. The number of unbranched alkanes of at least 4 members (excludes halogenated alkanes) is 39. The molecular formula is C53H104O2. The Labute approximate surface area is 348 Å². The summed E-state index contributed by atoms with van der Waals surface area (Å²) in [7, 11) is 0. The van der Waals surface area contributed by atoms with Gasteiger partial charge in [-0.1, -0.05) is 277 Å². The lowest BCUT2D eigenvalue weighted by Gasteiger charge is -2.07. The van der Waals surface area contributed by atoms with Crippen LogP contribution in [0.15, 0.2) is 12.2 Å².